The van der Waals surface area contributed by atoms with E-state index >= 15 is 0 Å². The highest BCUT2D eigenvalue weighted by atomic mass is 16.6. The Balaban J connectivity index is 1.82. The summed E-state index contributed by atoms with van der Waals surface area (Å²) in [5, 5.41) is 5.48. The van der Waals surface area contributed by atoms with Crippen molar-refractivity contribution >= 4 is 11.8 Å². The van der Waals surface area contributed by atoms with Crippen molar-refractivity contribution in [2.24, 2.45) is 0 Å². The average molecular weight is 226 g/mol. The highest BCUT2D eigenvalue weighted by molar-refractivity contribution is 5.91. The molecule has 0 aromatic rings. The molecule has 0 bridgehead atoms. The third kappa shape index (κ3) is 2.65. The monoisotopic (exact) mass is 226 g/mol. The zero-order valence-corrected chi connectivity index (χ0v) is 8.82. The molecule has 1 atom stereocenters. The van der Waals surface area contributed by atoms with Crippen LogP contribution in [0.2, 0.25) is 0 Å². The first-order valence-corrected chi connectivity index (χ1v) is 5.28. The number of carbonyl (C=O) groups is 2. The Kier molecular flexibility index (Phi) is 3.28. The summed E-state index contributed by atoms with van der Waals surface area (Å²) < 4.78 is 10.1. The maximum Gasteiger partial charge on any atom is 0.289 e. The molecule has 0 aliphatic carbocycles. The van der Waals surface area contributed by atoms with Crippen LogP contribution in [-0.4, -0.2) is 37.6 Å². The van der Waals surface area contributed by atoms with Gasteiger partial charge >= 0.3 is 0 Å². The first-order valence-electron chi connectivity index (χ1n) is 5.28. The Morgan fingerprint density at radius 3 is 3.00 bits per heavy atom. The first kappa shape index (κ1) is 10.8. The lowest BCUT2D eigenvalue weighted by Gasteiger charge is -2.24. The van der Waals surface area contributed by atoms with Crippen molar-refractivity contribution in [2.45, 2.75) is 18.9 Å². The van der Waals surface area contributed by atoms with Gasteiger partial charge in [-0.15, -0.1) is 0 Å². The molecule has 2 aliphatic heterocycles. The summed E-state index contributed by atoms with van der Waals surface area (Å²) in [6, 6.07) is -0.0309. The van der Waals surface area contributed by atoms with Crippen LogP contribution in [0.5, 0.6) is 0 Å². The van der Waals surface area contributed by atoms with Crippen LogP contribution in [0.4, 0.5) is 0 Å². The number of piperidine rings is 1. The van der Waals surface area contributed by atoms with Crippen LogP contribution >= 0.6 is 0 Å². The van der Waals surface area contributed by atoms with Crippen molar-refractivity contribution in [3.63, 3.8) is 0 Å². The number of nitrogens with one attached hydrogen (secondary N) is 2. The first-order chi connectivity index (χ1) is 7.75. The Morgan fingerprint density at radius 1 is 1.50 bits per heavy atom. The van der Waals surface area contributed by atoms with Crippen molar-refractivity contribution in [3.8, 4) is 0 Å². The predicted molar refractivity (Wildman–Crippen MR) is 54.2 cm³/mol. The highest BCUT2D eigenvalue weighted by Gasteiger charge is 2.22. The Hall–Kier alpha value is -1.72. The van der Waals surface area contributed by atoms with E-state index in [0.717, 1.165) is 0 Å². The number of rotatable bonds is 2. The van der Waals surface area contributed by atoms with E-state index in [0.29, 0.717) is 32.6 Å². The molecule has 0 saturated carbocycles. The second-order valence-electron chi connectivity index (χ2n) is 3.71. The molecule has 0 aromatic heterocycles. The smallest absolute Gasteiger partial charge is 0.289 e. The SMILES string of the molecule is O=C1CCC(NC(=O)C2=COCCO2)CN1. The third-order valence-corrected chi connectivity index (χ3v) is 2.47. The van der Waals surface area contributed by atoms with Gasteiger partial charge in [-0.2, -0.15) is 0 Å². The van der Waals surface area contributed by atoms with Crippen molar-refractivity contribution < 1.29 is 19.1 Å². The molecule has 2 aliphatic rings. The Morgan fingerprint density at radius 2 is 2.38 bits per heavy atom. The van der Waals surface area contributed by atoms with Crippen LogP contribution in [0.1, 0.15) is 12.8 Å². The van der Waals surface area contributed by atoms with Crippen LogP contribution in [0.25, 0.3) is 0 Å². The van der Waals surface area contributed by atoms with E-state index in [1.807, 2.05) is 0 Å². The van der Waals surface area contributed by atoms with E-state index in [9.17, 15) is 9.59 Å². The largest absolute Gasteiger partial charge is 0.494 e. The Labute approximate surface area is 93.0 Å². The van der Waals surface area contributed by atoms with E-state index in [1.165, 1.54) is 6.26 Å². The van der Waals surface area contributed by atoms with Gasteiger partial charge in [0.25, 0.3) is 5.91 Å². The second kappa shape index (κ2) is 4.87. The molecule has 6 nitrogen and oxygen atoms in total. The highest BCUT2D eigenvalue weighted by Crippen LogP contribution is 2.07. The van der Waals surface area contributed by atoms with Crippen molar-refractivity contribution in [3.05, 3.63) is 12.0 Å². The van der Waals surface area contributed by atoms with Gasteiger partial charge in [0.1, 0.15) is 19.5 Å². The Bertz CT molecular complexity index is 317. The summed E-state index contributed by atoms with van der Waals surface area (Å²) in [6.45, 7) is 1.33. The lowest BCUT2D eigenvalue weighted by molar-refractivity contribution is -0.126. The standard InChI is InChI=1S/C10H14N2O4/c13-9-2-1-7(5-11-9)12-10(14)8-6-15-3-4-16-8/h6-7H,1-5H2,(H,11,13)(H,12,14). The van der Waals surface area contributed by atoms with Crippen molar-refractivity contribution in [2.75, 3.05) is 19.8 Å². The van der Waals surface area contributed by atoms with Crippen LogP contribution < -0.4 is 10.6 Å². The van der Waals surface area contributed by atoms with Crippen LogP contribution in [0.15, 0.2) is 12.0 Å². The van der Waals surface area contributed by atoms with Gasteiger partial charge in [-0.05, 0) is 6.42 Å². The van der Waals surface area contributed by atoms with Gasteiger partial charge in [-0.1, -0.05) is 0 Å². The van der Waals surface area contributed by atoms with E-state index < -0.39 is 0 Å². The van der Waals surface area contributed by atoms with E-state index in [1.54, 1.807) is 0 Å². The molecule has 0 aromatic carbocycles. The summed E-state index contributed by atoms with van der Waals surface area (Å²) >= 11 is 0. The summed E-state index contributed by atoms with van der Waals surface area (Å²) in [7, 11) is 0. The number of hydrogen-bond acceptors (Lipinski definition) is 4. The van der Waals surface area contributed by atoms with Crippen molar-refractivity contribution in [1.29, 1.82) is 0 Å². The molecule has 88 valence electrons. The second-order valence-corrected chi connectivity index (χ2v) is 3.71. The molecule has 1 fully saturated rings. The fourth-order valence-electron chi connectivity index (χ4n) is 1.60. The predicted octanol–water partition coefficient (Wildman–Crippen LogP) is -0.731. The van der Waals surface area contributed by atoms with Crippen molar-refractivity contribution in [1.82, 2.24) is 10.6 Å². The maximum atomic E-state index is 11.7. The minimum atomic E-state index is -0.291. The van der Waals surface area contributed by atoms with Gasteiger partial charge in [0.15, 0.2) is 0 Å². The van der Waals surface area contributed by atoms with Crippen LogP contribution in [0.3, 0.4) is 0 Å². The number of hydrogen-bond donors (Lipinski definition) is 2. The number of ether oxygens (including phenoxy) is 2. The molecule has 2 heterocycles. The van der Waals surface area contributed by atoms with Gasteiger partial charge < -0.3 is 20.1 Å². The lowest BCUT2D eigenvalue weighted by atomic mass is 10.1. The molecular formula is C10H14N2O4. The quantitative estimate of drug-likeness (QED) is 0.650. The van der Waals surface area contributed by atoms with Gasteiger partial charge in [0.2, 0.25) is 11.7 Å². The molecule has 1 unspecified atom stereocenters. The molecule has 16 heavy (non-hydrogen) atoms. The minimum absolute atomic E-state index is 0.0296. The van der Waals surface area contributed by atoms with E-state index in [4.69, 9.17) is 9.47 Å². The van der Waals surface area contributed by atoms with Gasteiger partial charge in [0, 0.05) is 19.0 Å². The number of amides is 2. The molecule has 2 amide bonds. The third-order valence-electron chi connectivity index (χ3n) is 2.47. The van der Waals surface area contributed by atoms with Gasteiger partial charge in [-0.3, -0.25) is 9.59 Å². The summed E-state index contributed by atoms with van der Waals surface area (Å²) in [5.74, 6) is -0.0639. The molecule has 0 radical (unpaired) electrons. The number of carbonyl (C=O) groups excluding carboxylic acids is 2. The van der Waals surface area contributed by atoms with E-state index in [-0.39, 0.29) is 23.6 Å². The fraction of sp³-hybridized carbons (Fsp3) is 0.600. The zero-order chi connectivity index (χ0) is 11.4. The van der Waals surface area contributed by atoms with Gasteiger partial charge in [0.05, 0.1) is 0 Å². The van der Waals surface area contributed by atoms with Crippen LogP contribution in [0, 0.1) is 0 Å². The minimum Gasteiger partial charge on any atom is -0.494 e. The topological polar surface area (TPSA) is 76.7 Å². The molecule has 2 N–H and O–H groups in total. The summed E-state index contributed by atoms with van der Waals surface area (Å²) in [4.78, 5) is 22.6. The molecule has 0 spiro atoms. The summed E-state index contributed by atoms with van der Waals surface area (Å²) in [6.07, 6.45) is 2.42. The average Bonchev–Trinajstić information content (AvgIpc) is 2.33. The van der Waals surface area contributed by atoms with E-state index in [2.05, 4.69) is 10.6 Å². The van der Waals surface area contributed by atoms with Gasteiger partial charge in [-0.25, -0.2) is 0 Å². The summed E-state index contributed by atoms with van der Waals surface area (Å²) in [5.41, 5.74) is 0. The fourth-order valence-corrected chi connectivity index (χ4v) is 1.60. The molecule has 2 rings (SSSR count). The molecular weight excluding hydrogens is 212 g/mol. The normalized spacial score (nSPS) is 24.6. The van der Waals surface area contributed by atoms with Crippen LogP contribution in [-0.2, 0) is 19.1 Å². The lowest BCUT2D eigenvalue weighted by Crippen LogP contribution is -2.48. The maximum absolute atomic E-state index is 11.7. The molecule has 1 saturated heterocycles. The zero-order valence-electron chi connectivity index (χ0n) is 8.82. The molecule has 6 heteroatoms.